The quantitative estimate of drug-likeness (QED) is 0.810. The van der Waals surface area contributed by atoms with E-state index in [4.69, 9.17) is 0 Å². The number of hydrogen-bond acceptors (Lipinski definition) is 3. The third-order valence-electron chi connectivity index (χ3n) is 3.10. The average Bonchev–Trinajstić information content (AvgIpc) is 3.22. The van der Waals surface area contributed by atoms with E-state index in [0.29, 0.717) is 25.7 Å². The molecule has 1 saturated carbocycles. The van der Waals surface area contributed by atoms with E-state index in [2.05, 4.69) is 15.6 Å². The van der Waals surface area contributed by atoms with Gasteiger partial charge in [-0.15, -0.1) is 0 Å². The fourth-order valence-electron chi connectivity index (χ4n) is 1.80. The van der Waals surface area contributed by atoms with Gasteiger partial charge in [0.15, 0.2) is 0 Å². The zero-order valence-electron chi connectivity index (χ0n) is 11.6. The minimum atomic E-state index is -0.158. The Labute approximate surface area is 118 Å². The smallest absolute Gasteiger partial charge is 0.315 e. The van der Waals surface area contributed by atoms with E-state index in [1.807, 2.05) is 18.2 Å². The molecular weight excluding hydrogens is 256 g/mol. The van der Waals surface area contributed by atoms with Crippen molar-refractivity contribution in [1.29, 1.82) is 0 Å². The SMILES string of the molecule is CC(=O)N(CCNC(=O)NC1CC1)Cc1ccccn1. The van der Waals surface area contributed by atoms with Crippen LogP contribution in [0.15, 0.2) is 24.4 Å². The number of amides is 3. The Balaban J connectivity index is 1.74. The molecule has 1 heterocycles. The highest BCUT2D eigenvalue weighted by Gasteiger charge is 2.23. The first-order valence-electron chi connectivity index (χ1n) is 6.85. The van der Waals surface area contributed by atoms with Crippen LogP contribution >= 0.6 is 0 Å². The predicted molar refractivity (Wildman–Crippen MR) is 74.9 cm³/mol. The Kier molecular flexibility index (Phi) is 4.92. The average molecular weight is 276 g/mol. The van der Waals surface area contributed by atoms with Crippen LogP contribution in [-0.2, 0) is 11.3 Å². The van der Waals surface area contributed by atoms with E-state index < -0.39 is 0 Å². The lowest BCUT2D eigenvalue weighted by molar-refractivity contribution is -0.129. The molecule has 0 saturated heterocycles. The fourth-order valence-corrected chi connectivity index (χ4v) is 1.80. The maximum absolute atomic E-state index is 11.6. The highest BCUT2D eigenvalue weighted by Crippen LogP contribution is 2.18. The second-order valence-corrected chi connectivity index (χ2v) is 4.94. The largest absolute Gasteiger partial charge is 0.336 e. The molecule has 6 heteroatoms. The van der Waals surface area contributed by atoms with Crippen LogP contribution in [0.2, 0.25) is 0 Å². The molecule has 0 unspecified atom stereocenters. The fraction of sp³-hybridized carbons (Fsp3) is 0.500. The van der Waals surface area contributed by atoms with Gasteiger partial charge in [-0.1, -0.05) is 6.07 Å². The van der Waals surface area contributed by atoms with Crippen LogP contribution in [0, 0.1) is 0 Å². The van der Waals surface area contributed by atoms with Crippen LogP contribution in [0.1, 0.15) is 25.5 Å². The monoisotopic (exact) mass is 276 g/mol. The number of nitrogens with zero attached hydrogens (tertiary/aromatic N) is 2. The Bertz CT molecular complexity index is 460. The summed E-state index contributed by atoms with van der Waals surface area (Å²) in [7, 11) is 0. The number of pyridine rings is 1. The topological polar surface area (TPSA) is 74.3 Å². The summed E-state index contributed by atoms with van der Waals surface area (Å²) in [6.45, 7) is 2.89. The molecule has 3 amide bonds. The molecule has 0 bridgehead atoms. The molecule has 1 aliphatic rings. The molecule has 0 aliphatic heterocycles. The van der Waals surface area contributed by atoms with Gasteiger partial charge < -0.3 is 15.5 Å². The van der Waals surface area contributed by atoms with Gasteiger partial charge in [0.1, 0.15) is 0 Å². The molecule has 2 rings (SSSR count). The molecule has 2 N–H and O–H groups in total. The predicted octanol–water partition coefficient (Wildman–Crippen LogP) is 0.892. The number of carbonyl (C=O) groups is 2. The van der Waals surface area contributed by atoms with E-state index >= 15 is 0 Å². The zero-order chi connectivity index (χ0) is 14.4. The highest BCUT2D eigenvalue weighted by atomic mass is 16.2. The van der Waals surface area contributed by atoms with E-state index in [1.165, 1.54) is 6.92 Å². The molecule has 0 radical (unpaired) electrons. The van der Waals surface area contributed by atoms with E-state index in [0.717, 1.165) is 18.5 Å². The molecule has 0 spiro atoms. The zero-order valence-corrected chi connectivity index (χ0v) is 11.6. The minimum absolute atomic E-state index is 0.0277. The van der Waals surface area contributed by atoms with Gasteiger partial charge in [-0.2, -0.15) is 0 Å². The van der Waals surface area contributed by atoms with Crippen molar-refractivity contribution in [2.45, 2.75) is 32.4 Å². The second-order valence-electron chi connectivity index (χ2n) is 4.94. The third kappa shape index (κ3) is 4.87. The first-order valence-corrected chi connectivity index (χ1v) is 6.85. The van der Waals surface area contributed by atoms with Crippen LogP contribution in [0.5, 0.6) is 0 Å². The summed E-state index contributed by atoms with van der Waals surface area (Å²) < 4.78 is 0. The van der Waals surface area contributed by atoms with Crippen molar-refractivity contribution in [1.82, 2.24) is 20.5 Å². The molecule has 108 valence electrons. The van der Waals surface area contributed by atoms with Gasteiger partial charge in [-0.3, -0.25) is 9.78 Å². The lowest BCUT2D eigenvalue weighted by Gasteiger charge is -2.20. The van der Waals surface area contributed by atoms with Crippen molar-refractivity contribution in [2.75, 3.05) is 13.1 Å². The lowest BCUT2D eigenvalue weighted by atomic mass is 10.3. The van der Waals surface area contributed by atoms with Crippen LogP contribution in [0.25, 0.3) is 0 Å². The number of aromatic nitrogens is 1. The molecule has 1 fully saturated rings. The number of rotatable bonds is 6. The van der Waals surface area contributed by atoms with E-state index in [-0.39, 0.29) is 11.9 Å². The summed E-state index contributed by atoms with van der Waals surface area (Å²) >= 11 is 0. The van der Waals surface area contributed by atoms with Gasteiger partial charge >= 0.3 is 6.03 Å². The first-order chi connectivity index (χ1) is 9.65. The standard InChI is InChI=1S/C14H20N4O2/c1-11(19)18(10-13-4-2-3-7-15-13)9-8-16-14(20)17-12-5-6-12/h2-4,7,12H,5-6,8-10H2,1H3,(H2,16,17,20). The van der Waals surface area contributed by atoms with Crippen molar-refractivity contribution in [3.05, 3.63) is 30.1 Å². The van der Waals surface area contributed by atoms with Crippen molar-refractivity contribution in [3.8, 4) is 0 Å². The summed E-state index contributed by atoms with van der Waals surface area (Å²) in [4.78, 5) is 28.9. The van der Waals surface area contributed by atoms with Crippen LogP contribution in [0.4, 0.5) is 4.79 Å². The Morgan fingerprint density at radius 2 is 2.20 bits per heavy atom. The van der Waals surface area contributed by atoms with Crippen molar-refractivity contribution in [3.63, 3.8) is 0 Å². The third-order valence-corrected chi connectivity index (χ3v) is 3.10. The number of carbonyl (C=O) groups excluding carboxylic acids is 2. The number of hydrogen-bond donors (Lipinski definition) is 2. The summed E-state index contributed by atoms with van der Waals surface area (Å²) in [6, 6.07) is 5.79. The van der Waals surface area contributed by atoms with Crippen molar-refractivity contribution < 1.29 is 9.59 Å². The lowest BCUT2D eigenvalue weighted by Crippen LogP contribution is -2.42. The van der Waals surface area contributed by atoms with Gasteiger partial charge in [0.2, 0.25) is 5.91 Å². The molecule has 0 aromatic carbocycles. The van der Waals surface area contributed by atoms with Crippen LogP contribution in [0.3, 0.4) is 0 Å². The maximum Gasteiger partial charge on any atom is 0.315 e. The number of nitrogens with one attached hydrogen (secondary N) is 2. The summed E-state index contributed by atoms with van der Waals surface area (Å²) in [5.74, 6) is -0.0277. The second kappa shape index (κ2) is 6.88. The molecule has 1 aliphatic carbocycles. The van der Waals surface area contributed by atoms with E-state index in [9.17, 15) is 9.59 Å². The molecule has 0 atom stereocenters. The number of urea groups is 1. The first kappa shape index (κ1) is 14.3. The van der Waals surface area contributed by atoms with Gasteiger partial charge in [0, 0.05) is 32.3 Å². The molecule has 6 nitrogen and oxygen atoms in total. The molecule has 20 heavy (non-hydrogen) atoms. The minimum Gasteiger partial charge on any atom is -0.336 e. The Morgan fingerprint density at radius 3 is 2.80 bits per heavy atom. The molecule has 1 aromatic rings. The van der Waals surface area contributed by atoms with Crippen LogP contribution in [-0.4, -0.2) is 41.0 Å². The van der Waals surface area contributed by atoms with Gasteiger partial charge in [0.05, 0.1) is 12.2 Å². The van der Waals surface area contributed by atoms with Crippen molar-refractivity contribution in [2.24, 2.45) is 0 Å². The van der Waals surface area contributed by atoms with E-state index in [1.54, 1.807) is 11.1 Å². The molecule has 1 aromatic heterocycles. The Hall–Kier alpha value is -2.11. The Morgan fingerprint density at radius 1 is 1.40 bits per heavy atom. The normalized spacial score (nSPS) is 13.7. The van der Waals surface area contributed by atoms with Gasteiger partial charge in [-0.05, 0) is 25.0 Å². The molecular formula is C14H20N4O2. The van der Waals surface area contributed by atoms with Gasteiger partial charge in [-0.25, -0.2) is 4.79 Å². The summed E-state index contributed by atoms with van der Waals surface area (Å²) in [6.07, 6.45) is 3.83. The van der Waals surface area contributed by atoms with Gasteiger partial charge in [0.25, 0.3) is 0 Å². The van der Waals surface area contributed by atoms with Crippen LogP contribution < -0.4 is 10.6 Å². The van der Waals surface area contributed by atoms with Crippen molar-refractivity contribution >= 4 is 11.9 Å². The maximum atomic E-state index is 11.6. The highest BCUT2D eigenvalue weighted by molar-refractivity contribution is 5.75. The summed E-state index contributed by atoms with van der Waals surface area (Å²) in [5, 5.41) is 5.60. The summed E-state index contributed by atoms with van der Waals surface area (Å²) in [5.41, 5.74) is 0.838.